The number of carbonyl (C=O) groups is 1. The van der Waals surface area contributed by atoms with Gasteiger partial charge in [-0.2, -0.15) is 4.99 Å². The van der Waals surface area contributed by atoms with E-state index in [-0.39, 0.29) is 11.7 Å². The van der Waals surface area contributed by atoms with Crippen LogP contribution in [-0.2, 0) is 4.79 Å². The molecule has 0 aliphatic carbocycles. The summed E-state index contributed by atoms with van der Waals surface area (Å²) in [4.78, 5) is 23.5. The SMILES string of the molecule is C=CCN1C(=O)/C(=C/c2ccccc2O)S/C1=N/c1nc(C)cs1. The highest BCUT2D eigenvalue weighted by molar-refractivity contribution is 8.18. The molecule has 122 valence electrons. The maximum Gasteiger partial charge on any atom is 0.267 e. The van der Waals surface area contributed by atoms with Crippen molar-refractivity contribution in [1.82, 2.24) is 9.88 Å². The molecule has 5 nitrogen and oxygen atoms in total. The summed E-state index contributed by atoms with van der Waals surface area (Å²) < 4.78 is 0. The van der Waals surface area contributed by atoms with E-state index >= 15 is 0 Å². The Bertz CT molecular complexity index is 855. The maximum atomic E-state index is 12.6. The molecule has 7 heteroatoms. The van der Waals surface area contributed by atoms with E-state index in [0.717, 1.165) is 5.69 Å². The third-order valence-electron chi connectivity index (χ3n) is 3.22. The van der Waals surface area contributed by atoms with Crippen molar-refractivity contribution in [2.24, 2.45) is 4.99 Å². The second-order valence-electron chi connectivity index (χ2n) is 5.04. The number of hydrogen-bond acceptors (Lipinski definition) is 6. The zero-order valence-corrected chi connectivity index (χ0v) is 14.6. The number of amidine groups is 1. The molecular weight excluding hydrogens is 342 g/mol. The van der Waals surface area contributed by atoms with Crippen LogP contribution in [0.15, 0.2) is 52.2 Å². The number of thioether (sulfide) groups is 1. The van der Waals surface area contributed by atoms with Gasteiger partial charge in [0.15, 0.2) is 5.17 Å². The lowest BCUT2D eigenvalue weighted by molar-refractivity contribution is -0.121. The van der Waals surface area contributed by atoms with E-state index < -0.39 is 0 Å². The van der Waals surface area contributed by atoms with Gasteiger partial charge in [-0.3, -0.25) is 9.69 Å². The fraction of sp³-hybridized carbons (Fsp3) is 0.118. The molecule has 2 aromatic rings. The highest BCUT2D eigenvalue weighted by Gasteiger charge is 2.33. The Kier molecular flexibility index (Phi) is 4.82. The molecule has 1 aliphatic rings. The molecule has 2 heterocycles. The molecule has 0 spiro atoms. The normalized spacial score (nSPS) is 17.9. The smallest absolute Gasteiger partial charge is 0.267 e. The third kappa shape index (κ3) is 3.42. The van der Waals surface area contributed by atoms with Crippen LogP contribution in [0.1, 0.15) is 11.3 Å². The zero-order chi connectivity index (χ0) is 17.1. The van der Waals surface area contributed by atoms with Crippen LogP contribution in [0.2, 0.25) is 0 Å². The zero-order valence-electron chi connectivity index (χ0n) is 13.0. The molecule has 0 saturated carbocycles. The van der Waals surface area contributed by atoms with Crippen LogP contribution in [-0.4, -0.2) is 32.6 Å². The lowest BCUT2D eigenvalue weighted by atomic mass is 10.2. The first-order chi connectivity index (χ1) is 11.6. The number of rotatable bonds is 4. The van der Waals surface area contributed by atoms with Crippen LogP contribution in [0.4, 0.5) is 5.13 Å². The van der Waals surface area contributed by atoms with Gasteiger partial charge in [-0.25, -0.2) is 4.98 Å². The molecule has 1 aromatic heterocycles. The number of aryl methyl sites for hydroxylation is 1. The lowest BCUT2D eigenvalue weighted by Crippen LogP contribution is -2.29. The summed E-state index contributed by atoms with van der Waals surface area (Å²) in [7, 11) is 0. The molecule has 1 aliphatic heterocycles. The van der Waals surface area contributed by atoms with Gasteiger partial charge in [0.25, 0.3) is 5.91 Å². The summed E-state index contributed by atoms with van der Waals surface area (Å²) in [6.45, 7) is 5.97. The van der Waals surface area contributed by atoms with Gasteiger partial charge < -0.3 is 5.11 Å². The summed E-state index contributed by atoms with van der Waals surface area (Å²) in [5, 5.41) is 13.0. The first-order valence-corrected chi connectivity index (χ1v) is 8.89. The molecule has 1 aromatic carbocycles. The van der Waals surface area contributed by atoms with Crippen molar-refractivity contribution in [2.45, 2.75) is 6.92 Å². The molecule has 1 amide bonds. The standard InChI is InChI=1S/C17H15N3O2S2/c1-3-8-20-15(22)14(9-12-6-4-5-7-13(12)21)24-17(20)19-16-18-11(2)10-23-16/h3-7,9-10,21H,1,8H2,2H3/b14-9-,19-17+. The van der Waals surface area contributed by atoms with Crippen LogP contribution in [0.3, 0.4) is 0 Å². The van der Waals surface area contributed by atoms with Gasteiger partial charge in [-0.1, -0.05) is 24.3 Å². The van der Waals surface area contributed by atoms with E-state index in [9.17, 15) is 9.90 Å². The number of benzene rings is 1. The molecule has 24 heavy (non-hydrogen) atoms. The Balaban J connectivity index is 1.96. The van der Waals surface area contributed by atoms with Crippen molar-refractivity contribution in [3.05, 3.63) is 58.5 Å². The molecule has 0 radical (unpaired) electrons. The predicted octanol–water partition coefficient (Wildman–Crippen LogP) is 3.95. The third-order valence-corrected chi connectivity index (χ3v) is 5.08. The Morgan fingerprint density at radius 1 is 1.42 bits per heavy atom. The van der Waals surface area contributed by atoms with Gasteiger partial charge in [-0.15, -0.1) is 17.9 Å². The Hall–Kier alpha value is -2.38. The largest absolute Gasteiger partial charge is 0.507 e. The average molecular weight is 357 g/mol. The minimum atomic E-state index is -0.157. The molecular formula is C17H15N3O2S2. The first kappa shape index (κ1) is 16.5. The van der Waals surface area contributed by atoms with Crippen LogP contribution in [0.5, 0.6) is 5.75 Å². The van der Waals surface area contributed by atoms with Crippen LogP contribution >= 0.6 is 23.1 Å². The fourth-order valence-corrected chi connectivity index (χ4v) is 3.81. The Morgan fingerprint density at radius 3 is 2.88 bits per heavy atom. The number of nitrogens with zero attached hydrogens (tertiary/aromatic N) is 3. The van der Waals surface area contributed by atoms with Gasteiger partial charge >= 0.3 is 0 Å². The van der Waals surface area contributed by atoms with Gasteiger partial charge in [0, 0.05) is 17.5 Å². The van der Waals surface area contributed by atoms with Crippen molar-refractivity contribution in [2.75, 3.05) is 6.54 Å². The topological polar surface area (TPSA) is 65.8 Å². The second-order valence-corrected chi connectivity index (χ2v) is 6.89. The van der Waals surface area contributed by atoms with E-state index in [0.29, 0.717) is 27.3 Å². The summed E-state index contributed by atoms with van der Waals surface area (Å²) in [5.74, 6) is -0.0233. The molecule has 0 unspecified atom stereocenters. The number of phenols is 1. The van der Waals surface area contributed by atoms with Crippen molar-refractivity contribution in [3.63, 3.8) is 0 Å². The molecule has 1 fully saturated rings. The minimum absolute atomic E-state index is 0.134. The number of para-hydroxylation sites is 1. The summed E-state index contributed by atoms with van der Waals surface area (Å²) in [6, 6.07) is 6.90. The number of carbonyl (C=O) groups excluding carboxylic acids is 1. The number of aliphatic imine (C=N–C) groups is 1. The second kappa shape index (κ2) is 7.02. The molecule has 3 rings (SSSR count). The maximum absolute atomic E-state index is 12.6. The molecule has 1 saturated heterocycles. The molecule has 0 bridgehead atoms. The van der Waals surface area contributed by atoms with Gasteiger partial charge in [0.05, 0.1) is 10.6 Å². The molecule has 0 atom stereocenters. The van der Waals surface area contributed by atoms with Crippen molar-refractivity contribution in [1.29, 1.82) is 0 Å². The lowest BCUT2D eigenvalue weighted by Gasteiger charge is -2.11. The number of aromatic hydroxyl groups is 1. The van der Waals surface area contributed by atoms with Crippen LogP contribution in [0, 0.1) is 6.92 Å². The van der Waals surface area contributed by atoms with Gasteiger partial charge in [0.1, 0.15) is 5.75 Å². The summed E-state index contributed by atoms with van der Waals surface area (Å²) >= 11 is 2.70. The van der Waals surface area contributed by atoms with E-state index in [1.54, 1.807) is 35.3 Å². The highest BCUT2D eigenvalue weighted by Crippen LogP contribution is 2.35. The number of amides is 1. The minimum Gasteiger partial charge on any atom is -0.507 e. The molecule has 1 N–H and O–H groups in total. The van der Waals surface area contributed by atoms with Gasteiger partial charge in [0.2, 0.25) is 5.13 Å². The summed E-state index contributed by atoms with van der Waals surface area (Å²) in [5.41, 5.74) is 1.49. The van der Waals surface area contributed by atoms with Crippen LogP contribution < -0.4 is 0 Å². The Labute approximate surface area is 148 Å². The number of thiazole rings is 1. The van der Waals surface area contributed by atoms with Crippen molar-refractivity contribution in [3.8, 4) is 5.75 Å². The highest BCUT2D eigenvalue weighted by atomic mass is 32.2. The summed E-state index contributed by atoms with van der Waals surface area (Å²) in [6.07, 6.45) is 3.33. The van der Waals surface area contributed by atoms with Crippen LogP contribution in [0.25, 0.3) is 6.08 Å². The fourth-order valence-electron chi connectivity index (χ4n) is 2.11. The van der Waals surface area contributed by atoms with E-state index in [1.165, 1.54) is 23.1 Å². The number of aromatic nitrogens is 1. The van der Waals surface area contributed by atoms with E-state index in [2.05, 4.69) is 16.6 Å². The van der Waals surface area contributed by atoms with Crippen molar-refractivity contribution < 1.29 is 9.90 Å². The van der Waals surface area contributed by atoms with E-state index in [4.69, 9.17) is 0 Å². The van der Waals surface area contributed by atoms with Crippen molar-refractivity contribution >= 4 is 45.4 Å². The predicted molar refractivity (Wildman–Crippen MR) is 99.5 cm³/mol. The van der Waals surface area contributed by atoms with Gasteiger partial charge in [-0.05, 0) is 30.8 Å². The number of phenolic OH excluding ortho intramolecular Hbond substituents is 1. The monoisotopic (exact) mass is 357 g/mol. The Morgan fingerprint density at radius 2 is 2.21 bits per heavy atom. The first-order valence-electron chi connectivity index (χ1n) is 7.19. The quantitative estimate of drug-likeness (QED) is 0.665. The van der Waals surface area contributed by atoms with E-state index in [1.807, 2.05) is 18.4 Å². The number of hydrogen-bond donors (Lipinski definition) is 1. The average Bonchev–Trinajstić information content (AvgIpc) is 3.09.